The summed E-state index contributed by atoms with van der Waals surface area (Å²) in [5.41, 5.74) is 3.72. The molecular formula is C32H34N2O4. The van der Waals surface area contributed by atoms with E-state index >= 15 is 0 Å². The van der Waals surface area contributed by atoms with E-state index in [1.54, 1.807) is 0 Å². The summed E-state index contributed by atoms with van der Waals surface area (Å²) in [6, 6.07) is 26.7. The van der Waals surface area contributed by atoms with Gasteiger partial charge in [0, 0.05) is 22.1 Å². The first-order chi connectivity index (χ1) is 18.3. The molecule has 0 fully saturated rings. The third kappa shape index (κ3) is 6.91. The molecule has 196 valence electrons. The molecule has 4 rings (SSSR count). The van der Waals surface area contributed by atoms with E-state index in [-0.39, 0.29) is 25.0 Å². The number of hydrogen-bond acceptors (Lipinski definition) is 4. The maximum absolute atomic E-state index is 12.6. The van der Waals surface area contributed by atoms with Crippen molar-refractivity contribution in [2.45, 2.75) is 39.5 Å². The van der Waals surface area contributed by atoms with E-state index in [1.165, 1.54) is 11.1 Å². The molecule has 2 N–H and O–H groups in total. The third-order valence-corrected chi connectivity index (χ3v) is 6.30. The fourth-order valence-electron chi connectivity index (χ4n) is 4.10. The molecule has 2 amide bonds. The second kappa shape index (κ2) is 12.3. The summed E-state index contributed by atoms with van der Waals surface area (Å²) < 4.78 is 11.3. The van der Waals surface area contributed by atoms with E-state index in [0.717, 1.165) is 10.8 Å². The van der Waals surface area contributed by atoms with Crippen LogP contribution in [0.3, 0.4) is 0 Å². The van der Waals surface area contributed by atoms with Gasteiger partial charge < -0.3 is 20.1 Å². The summed E-state index contributed by atoms with van der Waals surface area (Å²) in [7, 11) is 0. The Balaban J connectivity index is 1.37. The minimum absolute atomic E-state index is 0.108. The lowest BCUT2D eigenvalue weighted by molar-refractivity contribution is -0.118. The number of fused-ring (bicyclic) bond motifs is 1. The standard InChI is InChI=1S/C32H34N2O4/c1-21(2)23-11-15-25(16-12-23)37-19-31(35)33-29-9-5-8-28-27(29)7-6-10-30(28)34-32(36)20-38-26-17-13-24(14-18-26)22(3)4/h5-18,21-22H,19-20H2,1-4H3,(H,33,35)(H,34,36). The molecule has 0 radical (unpaired) electrons. The predicted octanol–water partition coefficient (Wildman–Crippen LogP) is 7.12. The van der Waals surface area contributed by atoms with Crippen LogP contribution < -0.4 is 20.1 Å². The molecular weight excluding hydrogens is 476 g/mol. The molecule has 0 saturated heterocycles. The van der Waals surface area contributed by atoms with Crippen LogP contribution in [0.25, 0.3) is 10.8 Å². The number of anilines is 2. The van der Waals surface area contributed by atoms with Gasteiger partial charge in [0.1, 0.15) is 11.5 Å². The Morgan fingerprint density at radius 3 is 1.29 bits per heavy atom. The monoisotopic (exact) mass is 510 g/mol. The first kappa shape index (κ1) is 26.7. The number of nitrogens with one attached hydrogen (secondary N) is 2. The van der Waals surface area contributed by atoms with Gasteiger partial charge in [0.15, 0.2) is 13.2 Å². The van der Waals surface area contributed by atoms with Crippen LogP contribution in [0.5, 0.6) is 11.5 Å². The lowest BCUT2D eigenvalue weighted by atomic mass is 10.0. The molecule has 0 saturated carbocycles. The Morgan fingerprint density at radius 2 is 0.947 bits per heavy atom. The van der Waals surface area contributed by atoms with Gasteiger partial charge in [0.05, 0.1) is 0 Å². The summed E-state index contributed by atoms with van der Waals surface area (Å²) in [6.07, 6.45) is 0. The Bertz CT molecular complexity index is 1280. The number of hydrogen-bond donors (Lipinski definition) is 2. The Labute approximate surface area is 224 Å². The van der Waals surface area contributed by atoms with Crippen molar-refractivity contribution in [2.75, 3.05) is 23.8 Å². The molecule has 0 aromatic heterocycles. The summed E-state index contributed by atoms with van der Waals surface area (Å²) in [4.78, 5) is 25.2. The van der Waals surface area contributed by atoms with Crippen molar-refractivity contribution in [1.82, 2.24) is 0 Å². The molecule has 0 aliphatic rings. The maximum atomic E-state index is 12.6. The average Bonchev–Trinajstić information content (AvgIpc) is 2.91. The first-order valence-electron chi connectivity index (χ1n) is 12.9. The van der Waals surface area contributed by atoms with Gasteiger partial charge in [-0.05, 0) is 59.4 Å². The number of carbonyl (C=O) groups excluding carboxylic acids is 2. The van der Waals surface area contributed by atoms with Gasteiger partial charge in [-0.3, -0.25) is 9.59 Å². The topological polar surface area (TPSA) is 76.7 Å². The average molecular weight is 511 g/mol. The number of benzene rings is 4. The van der Waals surface area contributed by atoms with Crippen LogP contribution in [-0.2, 0) is 9.59 Å². The highest BCUT2D eigenvalue weighted by molar-refractivity contribution is 6.09. The Hall–Kier alpha value is -4.32. The fourth-order valence-corrected chi connectivity index (χ4v) is 4.10. The van der Waals surface area contributed by atoms with Gasteiger partial charge >= 0.3 is 0 Å². The highest BCUT2D eigenvalue weighted by atomic mass is 16.5. The molecule has 0 spiro atoms. The number of amides is 2. The molecule has 0 unspecified atom stereocenters. The van der Waals surface area contributed by atoms with Gasteiger partial charge in [-0.25, -0.2) is 0 Å². The van der Waals surface area contributed by atoms with Crippen LogP contribution in [0.4, 0.5) is 11.4 Å². The van der Waals surface area contributed by atoms with Crippen LogP contribution in [0, 0.1) is 0 Å². The second-order valence-electron chi connectivity index (χ2n) is 9.83. The molecule has 0 atom stereocenters. The van der Waals surface area contributed by atoms with E-state index in [2.05, 4.69) is 38.3 Å². The summed E-state index contributed by atoms with van der Waals surface area (Å²) in [6.45, 7) is 8.30. The fraction of sp³-hybridized carbons (Fsp3) is 0.250. The smallest absolute Gasteiger partial charge is 0.262 e. The van der Waals surface area contributed by atoms with E-state index in [0.29, 0.717) is 34.7 Å². The van der Waals surface area contributed by atoms with Crippen molar-refractivity contribution in [3.63, 3.8) is 0 Å². The van der Waals surface area contributed by atoms with E-state index in [1.807, 2.05) is 84.9 Å². The zero-order valence-corrected chi connectivity index (χ0v) is 22.3. The molecule has 38 heavy (non-hydrogen) atoms. The summed E-state index contributed by atoms with van der Waals surface area (Å²) in [5, 5.41) is 7.47. The van der Waals surface area contributed by atoms with Crippen molar-refractivity contribution < 1.29 is 19.1 Å². The van der Waals surface area contributed by atoms with Gasteiger partial charge in [0.25, 0.3) is 11.8 Å². The van der Waals surface area contributed by atoms with Gasteiger partial charge in [-0.2, -0.15) is 0 Å². The molecule has 0 aliphatic heterocycles. The van der Waals surface area contributed by atoms with Gasteiger partial charge in [-0.15, -0.1) is 0 Å². The number of carbonyl (C=O) groups is 2. The summed E-state index contributed by atoms with van der Waals surface area (Å²) >= 11 is 0. The SMILES string of the molecule is CC(C)c1ccc(OCC(=O)Nc2cccc3c(NC(=O)COc4ccc(C(C)C)cc4)cccc23)cc1. The number of rotatable bonds is 10. The minimum Gasteiger partial charge on any atom is -0.484 e. The quantitative estimate of drug-likeness (QED) is 0.238. The molecule has 6 nitrogen and oxygen atoms in total. The van der Waals surface area contributed by atoms with Crippen molar-refractivity contribution >= 4 is 34.0 Å². The van der Waals surface area contributed by atoms with Crippen molar-refractivity contribution in [1.29, 1.82) is 0 Å². The van der Waals surface area contributed by atoms with Crippen molar-refractivity contribution in [3.8, 4) is 11.5 Å². The molecule has 4 aromatic rings. The molecule has 0 aliphatic carbocycles. The van der Waals surface area contributed by atoms with Crippen LogP contribution >= 0.6 is 0 Å². The molecule has 6 heteroatoms. The van der Waals surface area contributed by atoms with Crippen LogP contribution in [-0.4, -0.2) is 25.0 Å². The minimum atomic E-state index is -0.267. The largest absolute Gasteiger partial charge is 0.484 e. The van der Waals surface area contributed by atoms with E-state index < -0.39 is 0 Å². The predicted molar refractivity (Wildman–Crippen MR) is 153 cm³/mol. The van der Waals surface area contributed by atoms with Gasteiger partial charge in [-0.1, -0.05) is 76.2 Å². The van der Waals surface area contributed by atoms with Crippen LogP contribution in [0.2, 0.25) is 0 Å². The lowest BCUT2D eigenvalue weighted by Crippen LogP contribution is -2.21. The normalized spacial score (nSPS) is 11.0. The zero-order chi connectivity index (χ0) is 27.1. The highest BCUT2D eigenvalue weighted by Gasteiger charge is 2.12. The molecule has 0 heterocycles. The van der Waals surface area contributed by atoms with E-state index in [9.17, 15) is 9.59 Å². The van der Waals surface area contributed by atoms with E-state index in [4.69, 9.17) is 9.47 Å². The van der Waals surface area contributed by atoms with Crippen molar-refractivity contribution in [3.05, 3.63) is 96.1 Å². The zero-order valence-electron chi connectivity index (χ0n) is 22.3. The summed E-state index contributed by atoms with van der Waals surface area (Å²) in [5.74, 6) is 1.62. The second-order valence-corrected chi connectivity index (χ2v) is 9.83. The maximum Gasteiger partial charge on any atom is 0.262 e. The Kier molecular flexibility index (Phi) is 8.64. The Morgan fingerprint density at radius 1 is 0.579 bits per heavy atom. The number of ether oxygens (including phenoxy) is 2. The van der Waals surface area contributed by atoms with Crippen LogP contribution in [0.15, 0.2) is 84.9 Å². The molecule has 4 aromatic carbocycles. The highest BCUT2D eigenvalue weighted by Crippen LogP contribution is 2.29. The van der Waals surface area contributed by atoms with Crippen molar-refractivity contribution in [2.24, 2.45) is 0 Å². The van der Waals surface area contributed by atoms with Gasteiger partial charge in [0.2, 0.25) is 0 Å². The van der Waals surface area contributed by atoms with Crippen LogP contribution in [0.1, 0.15) is 50.7 Å². The lowest BCUT2D eigenvalue weighted by Gasteiger charge is -2.14. The first-order valence-corrected chi connectivity index (χ1v) is 12.9. The molecule has 0 bridgehead atoms. The third-order valence-electron chi connectivity index (χ3n) is 6.30.